The van der Waals surface area contributed by atoms with Gasteiger partial charge in [0.2, 0.25) is 5.91 Å². The zero-order valence-electron chi connectivity index (χ0n) is 9.82. The molecule has 1 fully saturated rings. The van der Waals surface area contributed by atoms with Crippen LogP contribution in [0.15, 0.2) is 4.99 Å². The third-order valence-electron chi connectivity index (χ3n) is 2.91. The summed E-state index contributed by atoms with van der Waals surface area (Å²) in [6.45, 7) is 5.39. The van der Waals surface area contributed by atoms with Gasteiger partial charge in [-0.1, -0.05) is 11.8 Å². The molecule has 0 bridgehead atoms. The number of nitrogens with one attached hydrogen (secondary N) is 2. The van der Waals surface area contributed by atoms with Crippen LogP contribution in [0, 0.1) is 5.92 Å². The van der Waals surface area contributed by atoms with E-state index in [1.165, 1.54) is 12.8 Å². The lowest BCUT2D eigenvalue weighted by atomic mass is 10.3. The number of carbonyl (C=O) groups is 1. The molecule has 0 aromatic rings. The summed E-state index contributed by atoms with van der Waals surface area (Å²) in [7, 11) is 0. The molecule has 2 N–H and O–H groups in total. The van der Waals surface area contributed by atoms with Crippen molar-refractivity contribution in [2.75, 3.05) is 13.1 Å². The van der Waals surface area contributed by atoms with Gasteiger partial charge in [0.05, 0.1) is 6.54 Å². The van der Waals surface area contributed by atoms with Gasteiger partial charge < -0.3 is 10.6 Å². The minimum Gasteiger partial charge on any atom is -0.355 e. The number of rotatable bonds is 4. The third-order valence-corrected chi connectivity index (χ3v) is 4.22. The van der Waals surface area contributed by atoms with Gasteiger partial charge in [-0.25, -0.2) is 0 Å². The van der Waals surface area contributed by atoms with Crippen LogP contribution in [0.1, 0.15) is 26.7 Å². The summed E-state index contributed by atoms with van der Waals surface area (Å²) in [6, 6.07) is -0.191. The Kier molecular flexibility index (Phi) is 3.74. The second-order valence-corrected chi connectivity index (χ2v) is 5.63. The van der Waals surface area contributed by atoms with Gasteiger partial charge >= 0.3 is 0 Å². The van der Waals surface area contributed by atoms with Crippen molar-refractivity contribution in [2.45, 2.75) is 38.0 Å². The normalized spacial score (nSPS) is 26.1. The van der Waals surface area contributed by atoms with Crippen LogP contribution in [0.25, 0.3) is 0 Å². The van der Waals surface area contributed by atoms with E-state index in [1.54, 1.807) is 11.8 Å². The second-order valence-electron chi connectivity index (χ2n) is 4.40. The first-order chi connectivity index (χ1) is 7.70. The first kappa shape index (κ1) is 11.8. The molecule has 0 saturated heterocycles. The number of likely N-dealkylation sites (N-methyl/N-ethyl adjacent to an activating group) is 1. The number of aliphatic imine (C=N–C) groups is 1. The number of thioether (sulfide) groups is 1. The monoisotopic (exact) mass is 241 g/mol. The molecular formula is C11H19N3OS. The molecule has 5 heteroatoms. The van der Waals surface area contributed by atoms with Crippen molar-refractivity contribution in [1.82, 2.24) is 10.6 Å². The molecule has 2 rings (SSSR count). The molecule has 1 amide bonds. The smallest absolute Gasteiger partial charge is 0.242 e. The molecule has 1 aliphatic heterocycles. The molecule has 2 unspecified atom stereocenters. The highest BCUT2D eigenvalue weighted by Gasteiger charge is 2.35. The molecule has 2 atom stereocenters. The minimum absolute atomic E-state index is 0.0423. The molecule has 1 saturated carbocycles. The molecule has 1 heterocycles. The van der Waals surface area contributed by atoms with E-state index in [0.717, 1.165) is 17.6 Å². The Morgan fingerprint density at radius 1 is 1.62 bits per heavy atom. The standard InChI is InChI=1S/C11H19N3OS/c1-3-12-10(15)7(2)14-11-13-6-9(16-11)8-4-5-8/h7-9H,3-6H2,1-2H3,(H,12,15)(H,13,14). The van der Waals surface area contributed by atoms with Gasteiger partial charge in [-0.3, -0.25) is 9.79 Å². The van der Waals surface area contributed by atoms with E-state index in [4.69, 9.17) is 0 Å². The van der Waals surface area contributed by atoms with Crippen LogP contribution in [-0.2, 0) is 4.79 Å². The zero-order valence-corrected chi connectivity index (χ0v) is 10.6. The van der Waals surface area contributed by atoms with Gasteiger partial charge in [-0.15, -0.1) is 0 Å². The van der Waals surface area contributed by atoms with Crippen molar-refractivity contribution in [3.05, 3.63) is 0 Å². The van der Waals surface area contributed by atoms with Crippen LogP contribution < -0.4 is 10.6 Å². The summed E-state index contributed by atoms with van der Waals surface area (Å²) in [5.74, 6) is 0.911. The van der Waals surface area contributed by atoms with Crippen molar-refractivity contribution in [2.24, 2.45) is 10.9 Å². The van der Waals surface area contributed by atoms with Crippen molar-refractivity contribution < 1.29 is 4.79 Å². The number of nitrogens with zero attached hydrogens (tertiary/aromatic N) is 1. The molecular weight excluding hydrogens is 222 g/mol. The average molecular weight is 241 g/mol. The highest BCUT2D eigenvalue weighted by molar-refractivity contribution is 8.14. The van der Waals surface area contributed by atoms with Crippen molar-refractivity contribution in [1.29, 1.82) is 0 Å². The predicted molar refractivity (Wildman–Crippen MR) is 67.7 cm³/mol. The number of amides is 1. The fraction of sp³-hybridized carbons (Fsp3) is 0.818. The molecule has 90 valence electrons. The fourth-order valence-electron chi connectivity index (χ4n) is 1.76. The van der Waals surface area contributed by atoms with Gasteiger partial charge in [0.1, 0.15) is 6.04 Å². The van der Waals surface area contributed by atoms with Gasteiger partial charge in [0, 0.05) is 11.8 Å². The summed E-state index contributed by atoms with van der Waals surface area (Å²) < 4.78 is 0. The maximum atomic E-state index is 11.5. The molecule has 4 nitrogen and oxygen atoms in total. The Labute approximate surface area is 101 Å². The summed E-state index contributed by atoms with van der Waals surface area (Å²) >= 11 is 1.80. The summed E-state index contributed by atoms with van der Waals surface area (Å²) in [5, 5.41) is 7.57. The summed E-state index contributed by atoms with van der Waals surface area (Å²) in [6.07, 6.45) is 2.71. The lowest BCUT2D eigenvalue weighted by Gasteiger charge is -2.14. The van der Waals surface area contributed by atoms with Crippen molar-refractivity contribution in [3.8, 4) is 0 Å². The third kappa shape index (κ3) is 2.90. The Morgan fingerprint density at radius 2 is 2.38 bits per heavy atom. The van der Waals surface area contributed by atoms with E-state index in [-0.39, 0.29) is 11.9 Å². The van der Waals surface area contributed by atoms with Gasteiger partial charge in [0.15, 0.2) is 5.17 Å². The number of hydrogen-bond donors (Lipinski definition) is 2. The molecule has 16 heavy (non-hydrogen) atoms. The SMILES string of the molecule is CCNC(=O)C(C)NC1=NCC(C2CC2)S1. The van der Waals surface area contributed by atoms with Crippen LogP contribution in [0.4, 0.5) is 0 Å². The maximum Gasteiger partial charge on any atom is 0.242 e. The molecule has 0 radical (unpaired) electrons. The van der Waals surface area contributed by atoms with E-state index in [2.05, 4.69) is 15.6 Å². The van der Waals surface area contributed by atoms with E-state index in [9.17, 15) is 4.79 Å². The van der Waals surface area contributed by atoms with Crippen LogP contribution in [0.5, 0.6) is 0 Å². The molecule has 1 aliphatic carbocycles. The summed E-state index contributed by atoms with van der Waals surface area (Å²) in [4.78, 5) is 16.0. The van der Waals surface area contributed by atoms with E-state index >= 15 is 0 Å². The topological polar surface area (TPSA) is 53.5 Å². The minimum atomic E-state index is -0.191. The number of carbonyl (C=O) groups excluding carboxylic acids is 1. The molecule has 2 aliphatic rings. The lowest BCUT2D eigenvalue weighted by molar-refractivity contribution is -0.122. The summed E-state index contributed by atoms with van der Waals surface area (Å²) in [5.41, 5.74) is 0. The Balaban J connectivity index is 1.75. The molecule has 0 spiro atoms. The van der Waals surface area contributed by atoms with E-state index < -0.39 is 0 Å². The van der Waals surface area contributed by atoms with Crippen LogP contribution in [-0.4, -0.2) is 35.5 Å². The van der Waals surface area contributed by atoms with E-state index in [0.29, 0.717) is 11.8 Å². The van der Waals surface area contributed by atoms with Gasteiger partial charge in [0.25, 0.3) is 0 Å². The Hall–Kier alpha value is -0.710. The van der Waals surface area contributed by atoms with Gasteiger partial charge in [-0.05, 0) is 32.6 Å². The highest BCUT2D eigenvalue weighted by atomic mass is 32.2. The Morgan fingerprint density at radius 3 is 3.00 bits per heavy atom. The predicted octanol–water partition coefficient (Wildman–Crippen LogP) is 0.982. The zero-order chi connectivity index (χ0) is 11.5. The quantitative estimate of drug-likeness (QED) is 0.771. The highest BCUT2D eigenvalue weighted by Crippen LogP contribution is 2.41. The molecule has 0 aromatic heterocycles. The van der Waals surface area contributed by atoms with Crippen LogP contribution in [0.3, 0.4) is 0 Å². The number of hydrogen-bond acceptors (Lipinski definition) is 4. The van der Waals surface area contributed by atoms with E-state index in [1.807, 2.05) is 13.8 Å². The fourth-order valence-corrected chi connectivity index (χ4v) is 3.06. The first-order valence-corrected chi connectivity index (χ1v) is 6.84. The maximum absolute atomic E-state index is 11.5. The first-order valence-electron chi connectivity index (χ1n) is 5.96. The second kappa shape index (κ2) is 5.08. The average Bonchev–Trinajstić information content (AvgIpc) is 3.01. The van der Waals surface area contributed by atoms with Gasteiger partial charge in [-0.2, -0.15) is 0 Å². The lowest BCUT2D eigenvalue weighted by Crippen LogP contribution is -2.43. The largest absolute Gasteiger partial charge is 0.355 e. The molecule has 0 aromatic carbocycles. The van der Waals surface area contributed by atoms with Crippen molar-refractivity contribution >= 4 is 22.8 Å². The van der Waals surface area contributed by atoms with Crippen molar-refractivity contribution in [3.63, 3.8) is 0 Å². The Bertz CT molecular complexity index is 302. The number of amidine groups is 1. The van der Waals surface area contributed by atoms with Crippen LogP contribution in [0.2, 0.25) is 0 Å². The van der Waals surface area contributed by atoms with Crippen LogP contribution >= 0.6 is 11.8 Å².